The molecule has 1 aromatic rings. The fraction of sp³-hybridized carbons (Fsp3) is 0.619. The second-order valence-corrected chi connectivity index (χ2v) is 7.38. The van der Waals surface area contributed by atoms with Crippen LogP contribution in [0, 0.1) is 0 Å². The van der Waals surface area contributed by atoms with Gasteiger partial charge in [-0.15, -0.1) is 24.0 Å². The molecule has 0 spiro atoms. The van der Waals surface area contributed by atoms with Crippen LogP contribution < -0.4 is 10.6 Å². The van der Waals surface area contributed by atoms with Crippen LogP contribution in [0.1, 0.15) is 25.3 Å². The molecular weight excluding hydrogens is 481 g/mol. The lowest BCUT2D eigenvalue weighted by atomic mass is 10.2. The quantitative estimate of drug-likeness (QED) is 0.227. The summed E-state index contributed by atoms with van der Waals surface area (Å²) >= 11 is 0. The average molecular weight is 515 g/mol. The molecule has 1 amide bonds. The zero-order chi connectivity index (χ0) is 19.6. The average Bonchev–Trinajstić information content (AvgIpc) is 3.52. The molecule has 1 heterocycles. The highest BCUT2D eigenvalue weighted by Crippen LogP contribution is 2.18. The standard InChI is InChI=1S/C21H33N5O2.HI/c1-2-22-21(23-10-15-28-17-18-6-4-3-5-7-18)26-13-11-25(12-14-26)16-20(27)24-19-8-9-19;/h3-7,19H,2,8-17H2,1H3,(H,22,23)(H,24,27);1H. The minimum absolute atomic E-state index is 0. The van der Waals surface area contributed by atoms with E-state index in [0.717, 1.165) is 51.5 Å². The number of halogens is 1. The summed E-state index contributed by atoms with van der Waals surface area (Å²) in [6.45, 7) is 8.82. The maximum atomic E-state index is 12.0. The number of hydrogen-bond acceptors (Lipinski definition) is 4. The van der Waals surface area contributed by atoms with Crippen molar-refractivity contribution in [3.05, 3.63) is 35.9 Å². The molecule has 0 bridgehead atoms. The summed E-state index contributed by atoms with van der Waals surface area (Å²) in [6, 6.07) is 10.6. The van der Waals surface area contributed by atoms with Crippen molar-refractivity contribution >= 4 is 35.8 Å². The van der Waals surface area contributed by atoms with Crippen molar-refractivity contribution in [2.24, 2.45) is 4.99 Å². The van der Waals surface area contributed by atoms with E-state index < -0.39 is 0 Å². The number of amides is 1. The Bertz CT molecular complexity index is 631. The maximum Gasteiger partial charge on any atom is 0.234 e. The topological polar surface area (TPSA) is 69.2 Å². The van der Waals surface area contributed by atoms with Crippen molar-refractivity contribution in [2.75, 3.05) is 52.4 Å². The lowest BCUT2D eigenvalue weighted by Gasteiger charge is -2.36. The van der Waals surface area contributed by atoms with E-state index in [0.29, 0.717) is 32.3 Å². The molecule has 29 heavy (non-hydrogen) atoms. The Kier molecular flexibility index (Phi) is 10.7. The summed E-state index contributed by atoms with van der Waals surface area (Å²) in [6.07, 6.45) is 2.27. The van der Waals surface area contributed by atoms with E-state index in [1.165, 1.54) is 5.56 Å². The molecule has 1 aliphatic carbocycles. The van der Waals surface area contributed by atoms with Crippen molar-refractivity contribution in [2.45, 2.75) is 32.4 Å². The second-order valence-electron chi connectivity index (χ2n) is 7.38. The molecule has 1 aromatic carbocycles. The molecule has 8 heteroatoms. The van der Waals surface area contributed by atoms with Gasteiger partial charge in [-0.05, 0) is 25.3 Å². The van der Waals surface area contributed by atoms with Gasteiger partial charge in [0.15, 0.2) is 5.96 Å². The highest BCUT2D eigenvalue weighted by atomic mass is 127. The predicted molar refractivity (Wildman–Crippen MR) is 127 cm³/mol. The summed E-state index contributed by atoms with van der Waals surface area (Å²) in [5, 5.41) is 6.44. The SMILES string of the molecule is CCNC(=NCCOCc1ccccc1)N1CCN(CC(=O)NC2CC2)CC1.I. The first kappa shape index (κ1) is 23.9. The number of nitrogens with one attached hydrogen (secondary N) is 2. The van der Waals surface area contributed by atoms with Gasteiger partial charge in [-0.1, -0.05) is 30.3 Å². The first-order valence-electron chi connectivity index (χ1n) is 10.4. The maximum absolute atomic E-state index is 12.0. The van der Waals surface area contributed by atoms with Crippen molar-refractivity contribution in [3.63, 3.8) is 0 Å². The first-order chi connectivity index (χ1) is 13.7. The molecule has 3 rings (SSSR count). The van der Waals surface area contributed by atoms with E-state index in [2.05, 4.69) is 39.5 Å². The number of aliphatic imine (C=N–C) groups is 1. The Morgan fingerprint density at radius 1 is 1.17 bits per heavy atom. The summed E-state index contributed by atoms with van der Waals surface area (Å²) in [4.78, 5) is 21.2. The van der Waals surface area contributed by atoms with Gasteiger partial charge in [-0.3, -0.25) is 14.7 Å². The summed E-state index contributed by atoms with van der Waals surface area (Å²) in [7, 11) is 0. The molecule has 7 nitrogen and oxygen atoms in total. The first-order valence-corrected chi connectivity index (χ1v) is 10.4. The van der Waals surface area contributed by atoms with E-state index in [1.54, 1.807) is 0 Å². The predicted octanol–water partition coefficient (Wildman–Crippen LogP) is 1.68. The van der Waals surface area contributed by atoms with Gasteiger partial charge in [-0.2, -0.15) is 0 Å². The van der Waals surface area contributed by atoms with Crippen molar-refractivity contribution < 1.29 is 9.53 Å². The number of hydrogen-bond donors (Lipinski definition) is 2. The van der Waals surface area contributed by atoms with Crippen LogP contribution in [0.3, 0.4) is 0 Å². The molecule has 2 fully saturated rings. The number of benzene rings is 1. The van der Waals surface area contributed by atoms with Crippen LogP contribution in [0.4, 0.5) is 0 Å². The van der Waals surface area contributed by atoms with Crippen molar-refractivity contribution in [3.8, 4) is 0 Å². The van der Waals surface area contributed by atoms with Crippen molar-refractivity contribution in [1.82, 2.24) is 20.4 Å². The molecular formula is C21H34IN5O2. The third kappa shape index (κ3) is 8.88. The molecule has 1 aliphatic heterocycles. The van der Waals surface area contributed by atoms with E-state index >= 15 is 0 Å². The Morgan fingerprint density at radius 3 is 2.55 bits per heavy atom. The molecule has 0 aromatic heterocycles. The molecule has 0 unspecified atom stereocenters. The highest BCUT2D eigenvalue weighted by molar-refractivity contribution is 14.0. The monoisotopic (exact) mass is 515 g/mol. The molecule has 1 saturated carbocycles. The normalized spacial score (nSPS) is 17.6. The van der Waals surface area contributed by atoms with Gasteiger partial charge in [0, 0.05) is 38.8 Å². The summed E-state index contributed by atoms with van der Waals surface area (Å²) in [5.74, 6) is 1.10. The third-order valence-corrected chi connectivity index (χ3v) is 4.93. The van der Waals surface area contributed by atoms with Crippen LogP contribution in [-0.2, 0) is 16.1 Å². The molecule has 0 radical (unpaired) electrons. The number of piperazine rings is 1. The van der Waals surface area contributed by atoms with Crippen LogP contribution in [0.5, 0.6) is 0 Å². The van der Waals surface area contributed by atoms with Crippen LogP contribution in [-0.4, -0.2) is 80.1 Å². The van der Waals surface area contributed by atoms with E-state index in [1.807, 2.05) is 18.2 Å². The highest BCUT2D eigenvalue weighted by Gasteiger charge is 2.25. The molecule has 0 atom stereocenters. The van der Waals surface area contributed by atoms with Gasteiger partial charge in [0.1, 0.15) is 0 Å². The van der Waals surface area contributed by atoms with Gasteiger partial charge >= 0.3 is 0 Å². The number of rotatable bonds is 9. The van der Waals surface area contributed by atoms with Crippen LogP contribution in [0.15, 0.2) is 35.3 Å². The Balaban J connectivity index is 0.00000300. The van der Waals surface area contributed by atoms with Gasteiger partial charge in [-0.25, -0.2) is 0 Å². The lowest BCUT2D eigenvalue weighted by Crippen LogP contribution is -2.54. The zero-order valence-corrected chi connectivity index (χ0v) is 19.6. The van der Waals surface area contributed by atoms with Gasteiger partial charge < -0.3 is 20.3 Å². The largest absolute Gasteiger partial charge is 0.375 e. The smallest absolute Gasteiger partial charge is 0.234 e. The van der Waals surface area contributed by atoms with E-state index in [4.69, 9.17) is 9.73 Å². The Hall–Kier alpha value is -1.39. The number of guanidine groups is 1. The van der Waals surface area contributed by atoms with Gasteiger partial charge in [0.05, 0.1) is 26.3 Å². The van der Waals surface area contributed by atoms with Crippen LogP contribution in [0.2, 0.25) is 0 Å². The molecule has 2 aliphatic rings. The molecule has 2 N–H and O–H groups in total. The van der Waals surface area contributed by atoms with Crippen LogP contribution >= 0.6 is 24.0 Å². The van der Waals surface area contributed by atoms with E-state index in [9.17, 15) is 4.79 Å². The van der Waals surface area contributed by atoms with Gasteiger partial charge in [0.2, 0.25) is 5.91 Å². The van der Waals surface area contributed by atoms with Gasteiger partial charge in [0.25, 0.3) is 0 Å². The number of carbonyl (C=O) groups is 1. The summed E-state index contributed by atoms with van der Waals surface area (Å²) in [5.41, 5.74) is 1.18. The number of ether oxygens (including phenoxy) is 1. The number of nitrogens with zero attached hydrogens (tertiary/aromatic N) is 3. The minimum atomic E-state index is 0. The number of carbonyl (C=O) groups excluding carboxylic acids is 1. The van der Waals surface area contributed by atoms with Crippen LogP contribution in [0.25, 0.3) is 0 Å². The fourth-order valence-electron chi connectivity index (χ4n) is 3.23. The van der Waals surface area contributed by atoms with Crippen molar-refractivity contribution in [1.29, 1.82) is 0 Å². The lowest BCUT2D eigenvalue weighted by molar-refractivity contribution is -0.122. The molecule has 1 saturated heterocycles. The third-order valence-electron chi connectivity index (χ3n) is 4.93. The molecule has 162 valence electrons. The minimum Gasteiger partial charge on any atom is -0.375 e. The van der Waals surface area contributed by atoms with E-state index in [-0.39, 0.29) is 29.9 Å². The summed E-state index contributed by atoms with van der Waals surface area (Å²) < 4.78 is 5.73. The second kappa shape index (κ2) is 13.0. The zero-order valence-electron chi connectivity index (χ0n) is 17.3. The Labute approximate surface area is 191 Å². The fourth-order valence-corrected chi connectivity index (χ4v) is 3.23. The Morgan fingerprint density at radius 2 is 1.90 bits per heavy atom.